The summed E-state index contributed by atoms with van der Waals surface area (Å²) < 4.78 is 0.733. The lowest BCUT2D eigenvalue weighted by Gasteiger charge is -1.95. The largest absolute Gasteiger partial charge is 0.505 e. The number of rotatable bonds is 1. The molecule has 0 aliphatic carbocycles. The van der Waals surface area contributed by atoms with Gasteiger partial charge in [0.25, 0.3) is 0 Å². The highest BCUT2D eigenvalue weighted by Crippen LogP contribution is 2.37. The van der Waals surface area contributed by atoms with Crippen molar-refractivity contribution in [2.75, 3.05) is 0 Å². The van der Waals surface area contributed by atoms with E-state index in [1.165, 1.54) is 11.3 Å². The number of aromatic hydroxyl groups is 1. The number of phenolic OH excluding ortho intramolecular Hbond substituents is 1. The summed E-state index contributed by atoms with van der Waals surface area (Å²) in [7, 11) is 0. The molecule has 0 bridgehead atoms. The number of aliphatic hydroxyl groups is 1. The first kappa shape index (κ1) is 8.81. The fraction of sp³-hybridized carbons (Fsp3) is 0.111. The van der Waals surface area contributed by atoms with E-state index in [-0.39, 0.29) is 12.4 Å². The molecule has 0 saturated carbocycles. The maximum Gasteiger partial charge on any atom is 0.151 e. The SMILES string of the molecule is OCc1cc2ccc(Cl)c(O)c2s1. The van der Waals surface area contributed by atoms with E-state index in [2.05, 4.69) is 0 Å². The van der Waals surface area contributed by atoms with Crippen LogP contribution in [-0.4, -0.2) is 10.2 Å². The monoisotopic (exact) mass is 214 g/mol. The second kappa shape index (κ2) is 3.18. The van der Waals surface area contributed by atoms with Crippen molar-refractivity contribution >= 4 is 33.0 Å². The van der Waals surface area contributed by atoms with Crippen LogP contribution in [0.2, 0.25) is 5.02 Å². The van der Waals surface area contributed by atoms with Gasteiger partial charge in [0.1, 0.15) is 0 Å². The van der Waals surface area contributed by atoms with Gasteiger partial charge in [-0.15, -0.1) is 11.3 Å². The van der Waals surface area contributed by atoms with Crippen LogP contribution in [0.1, 0.15) is 4.88 Å². The second-order valence-corrected chi connectivity index (χ2v) is 4.23. The molecule has 68 valence electrons. The first-order chi connectivity index (χ1) is 6.22. The summed E-state index contributed by atoms with van der Waals surface area (Å²) in [6.07, 6.45) is 0. The summed E-state index contributed by atoms with van der Waals surface area (Å²) in [4.78, 5) is 0.826. The number of halogens is 1. The Balaban J connectivity index is 2.76. The Morgan fingerprint density at radius 3 is 2.85 bits per heavy atom. The van der Waals surface area contributed by atoms with Gasteiger partial charge in [0.15, 0.2) is 5.75 Å². The molecule has 2 rings (SSSR count). The molecule has 13 heavy (non-hydrogen) atoms. The smallest absolute Gasteiger partial charge is 0.151 e. The molecule has 0 atom stereocenters. The third kappa shape index (κ3) is 1.39. The van der Waals surface area contributed by atoms with Gasteiger partial charge in [0.2, 0.25) is 0 Å². The number of fused-ring (bicyclic) bond motifs is 1. The normalized spacial score (nSPS) is 10.9. The Kier molecular flexibility index (Phi) is 2.15. The minimum absolute atomic E-state index is 0.00357. The number of hydrogen-bond donors (Lipinski definition) is 2. The maximum atomic E-state index is 9.56. The standard InChI is InChI=1S/C9H7ClO2S/c10-7-2-1-5-3-6(4-11)13-9(5)8(7)12/h1-3,11-12H,4H2. The maximum absolute atomic E-state index is 9.56. The van der Waals surface area contributed by atoms with Gasteiger partial charge < -0.3 is 10.2 Å². The molecular weight excluding hydrogens is 208 g/mol. The van der Waals surface area contributed by atoms with E-state index in [1.54, 1.807) is 6.07 Å². The summed E-state index contributed by atoms with van der Waals surface area (Å²) in [5, 5.41) is 19.7. The predicted molar refractivity (Wildman–Crippen MR) is 54.4 cm³/mol. The van der Waals surface area contributed by atoms with Crippen molar-refractivity contribution in [3.8, 4) is 5.75 Å². The van der Waals surface area contributed by atoms with Gasteiger partial charge in [0, 0.05) is 4.88 Å². The van der Waals surface area contributed by atoms with Crippen LogP contribution in [0.25, 0.3) is 10.1 Å². The highest BCUT2D eigenvalue weighted by atomic mass is 35.5. The summed E-state index contributed by atoms with van der Waals surface area (Å²) in [6, 6.07) is 5.32. The van der Waals surface area contributed by atoms with E-state index in [1.807, 2.05) is 12.1 Å². The van der Waals surface area contributed by atoms with E-state index < -0.39 is 0 Å². The van der Waals surface area contributed by atoms with Crippen molar-refractivity contribution in [1.82, 2.24) is 0 Å². The molecule has 1 aromatic heterocycles. The Labute approximate surface area is 84.0 Å². The van der Waals surface area contributed by atoms with Gasteiger partial charge in [-0.3, -0.25) is 0 Å². The van der Waals surface area contributed by atoms with Gasteiger partial charge in [-0.2, -0.15) is 0 Å². The average Bonchev–Trinajstić information content (AvgIpc) is 2.55. The van der Waals surface area contributed by atoms with Crippen LogP contribution in [0, 0.1) is 0 Å². The van der Waals surface area contributed by atoms with Crippen LogP contribution >= 0.6 is 22.9 Å². The van der Waals surface area contributed by atoms with Crippen molar-refractivity contribution < 1.29 is 10.2 Å². The molecular formula is C9H7ClO2S. The molecule has 2 N–H and O–H groups in total. The molecule has 0 aliphatic heterocycles. The van der Waals surface area contributed by atoms with Gasteiger partial charge in [-0.05, 0) is 17.5 Å². The Bertz CT molecular complexity index is 450. The molecule has 0 unspecified atom stereocenters. The molecule has 1 aromatic carbocycles. The second-order valence-electron chi connectivity index (χ2n) is 2.69. The number of benzene rings is 1. The molecule has 0 fully saturated rings. The van der Waals surface area contributed by atoms with E-state index in [9.17, 15) is 5.11 Å². The third-order valence-electron chi connectivity index (χ3n) is 1.82. The van der Waals surface area contributed by atoms with Gasteiger partial charge in [-0.1, -0.05) is 17.7 Å². The first-order valence-electron chi connectivity index (χ1n) is 3.73. The van der Waals surface area contributed by atoms with Crippen LogP contribution in [0.4, 0.5) is 0 Å². The lowest BCUT2D eigenvalue weighted by molar-refractivity contribution is 0.285. The number of phenols is 1. The fourth-order valence-electron chi connectivity index (χ4n) is 1.20. The van der Waals surface area contributed by atoms with Crippen LogP contribution in [0.5, 0.6) is 5.75 Å². The van der Waals surface area contributed by atoms with Gasteiger partial charge >= 0.3 is 0 Å². The minimum atomic E-state index is -0.00357. The van der Waals surface area contributed by atoms with Crippen LogP contribution in [0.3, 0.4) is 0 Å². The summed E-state index contributed by atoms with van der Waals surface area (Å²) in [5.41, 5.74) is 0. The molecule has 2 nitrogen and oxygen atoms in total. The van der Waals surface area contributed by atoms with Crippen molar-refractivity contribution in [1.29, 1.82) is 0 Å². The van der Waals surface area contributed by atoms with Gasteiger partial charge in [-0.25, -0.2) is 0 Å². The molecule has 4 heteroatoms. The van der Waals surface area contributed by atoms with E-state index in [0.717, 1.165) is 15.0 Å². The van der Waals surface area contributed by atoms with Crippen molar-refractivity contribution in [2.45, 2.75) is 6.61 Å². The Morgan fingerprint density at radius 2 is 2.15 bits per heavy atom. The molecule has 1 heterocycles. The quantitative estimate of drug-likeness (QED) is 0.767. The Morgan fingerprint density at radius 1 is 1.38 bits per heavy atom. The highest BCUT2D eigenvalue weighted by molar-refractivity contribution is 7.19. The first-order valence-corrected chi connectivity index (χ1v) is 4.92. The summed E-state index contributed by atoms with van der Waals surface area (Å²) in [5.74, 6) is 0.101. The van der Waals surface area contributed by atoms with Crippen LogP contribution < -0.4 is 0 Å². The zero-order chi connectivity index (χ0) is 9.42. The molecule has 0 saturated heterocycles. The Hall–Kier alpha value is -0.770. The number of aliphatic hydroxyl groups excluding tert-OH is 1. The topological polar surface area (TPSA) is 40.5 Å². The molecule has 0 aliphatic rings. The summed E-state index contributed by atoms with van der Waals surface area (Å²) >= 11 is 7.09. The number of hydrogen-bond acceptors (Lipinski definition) is 3. The zero-order valence-electron chi connectivity index (χ0n) is 6.62. The van der Waals surface area contributed by atoms with E-state index in [0.29, 0.717) is 5.02 Å². The fourth-order valence-corrected chi connectivity index (χ4v) is 2.37. The van der Waals surface area contributed by atoms with E-state index >= 15 is 0 Å². The summed E-state index contributed by atoms with van der Waals surface area (Å²) in [6.45, 7) is -0.00357. The molecule has 2 aromatic rings. The van der Waals surface area contributed by atoms with Crippen LogP contribution in [-0.2, 0) is 6.61 Å². The highest BCUT2D eigenvalue weighted by Gasteiger charge is 2.07. The zero-order valence-corrected chi connectivity index (χ0v) is 8.19. The van der Waals surface area contributed by atoms with Crippen molar-refractivity contribution in [2.24, 2.45) is 0 Å². The van der Waals surface area contributed by atoms with Crippen LogP contribution in [0.15, 0.2) is 18.2 Å². The van der Waals surface area contributed by atoms with E-state index in [4.69, 9.17) is 16.7 Å². The number of thiophene rings is 1. The lowest BCUT2D eigenvalue weighted by Crippen LogP contribution is -1.70. The predicted octanol–water partition coefficient (Wildman–Crippen LogP) is 2.75. The molecule has 0 spiro atoms. The third-order valence-corrected chi connectivity index (χ3v) is 3.27. The minimum Gasteiger partial charge on any atom is -0.505 e. The molecule has 0 radical (unpaired) electrons. The lowest BCUT2D eigenvalue weighted by atomic mass is 10.2. The van der Waals surface area contributed by atoms with Crippen molar-refractivity contribution in [3.05, 3.63) is 28.1 Å². The molecule has 0 amide bonds. The average molecular weight is 215 g/mol. The van der Waals surface area contributed by atoms with Gasteiger partial charge in [0.05, 0.1) is 16.3 Å². The van der Waals surface area contributed by atoms with Crippen molar-refractivity contribution in [3.63, 3.8) is 0 Å².